The fraction of sp³-hybridized carbons (Fsp3) is 1.00. The van der Waals surface area contributed by atoms with Crippen molar-refractivity contribution in [1.82, 2.24) is 0 Å². The number of hydrogen-bond donors (Lipinski definition) is 1. The van der Waals surface area contributed by atoms with E-state index >= 15 is 0 Å². The van der Waals surface area contributed by atoms with Crippen molar-refractivity contribution in [2.24, 2.45) is 0 Å². The molecule has 0 aliphatic rings. The Morgan fingerprint density at radius 3 is 1.00 bits per heavy atom. The Morgan fingerprint density at radius 1 is 1.00 bits per heavy atom. The van der Waals surface area contributed by atoms with Gasteiger partial charge in [0.15, 0.2) is 0 Å². The van der Waals surface area contributed by atoms with Gasteiger partial charge < -0.3 is 17.3 Å². The zero-order valence-corrected chi connectivity index (χ0v) is 7.34. The molecule has 0 aromatic rings. The van der Waals surface area contributed by atoms with Crippen molar-refractivity contribution in [1.29, 1.82) is 0 Å². The fourth-order valence-electron chi connectivity index (χ4n) is 0. The van der Waals surface area contributed by atoms with Gasteiger partial charge in [0.1, 0.15) is 0 Å². The molecule has 1 nitrogen and oxygen atoms in total. The average Bonchev–Trinajstić information content (AvgIpc) is 1.33. The van der Waals surface area contributed by atoms with E-state index in [0.29, 0.717) is 0 Å². The molecule has 0 rings (SSSR count). The Morgan fingerprint density at radius 2 is 1.00 bits per heavy atom. The summed E-state index contributed by atoms with van der Waals surface area (Å²) in [7, 11) is 6.25. The summed E-state index contributed by atoms with van der Waals surface area (Å²) >= 11 is 0. The van der Waals surface area contributed by atoms with E-state index in [-0.39, 0.29) is 12.4 Å². The topological polar surface area (TPSA) is 4.44 Å². The van der Waals surface area contributed by atoms with E-state index in [2.05, 4.69) is 35.0 Å². The first-order valence-electron chi connectivity index (χ1n) is 2.91. The highest BCUT2D eigenvalue weighted by Crippen LogP contribution is 1.56. The molecule has 0 unspecified atom stereocenters. The number of nitrogens with one attached hydrogen (secondary N) is 1. The smallest absolute Gasteiger partial charge is 0.0661 e. The van der Waals surface area contributed by atoms with Crippen LogP contribution in [0.4, 0.5) is 0 Å². The standard InChI is InChI=1S/C3H9N.C3H8.ClH/c1-4(2)3;1-3-2;/h1-3H3;3H2,1-2H3;1H. The predicted molar refractivity (Wildman–Crippen MR) is 34.7 cm³/mol. The number of quaternary nitrogens is 1. The molecule has 0 aliphatic heterocycles. The molecule has 54 valence electrons. The molecule has 2 heteroatoms. The van der Waals surface area contributed by atoms with Crippen LogP contribution in [0.15, 0.2) is 0 Å². The first kappa shape index (κ1) is 15.7. The third-order valence-electron chi connectivity index (χ3n) is 0. The van der Waals surface area contributed by atoms with Gasteiger partial charge in [0, 0.05) is 0 Å². The minimum absolute atomic E-state index is 0. The lowest BCUT2D eigenvalue weighted by atomic mass is 10.6. The van der Waals surface area contributed by atoms with Crippen molar-refractivity contribution < 1.29 is 17.3 Å². The molecular weight excluding hydrogens is 122 g/mol. The SMILES string of the molecule is CCC.C[NH+](C)C.[Cl-]. The highest BCUT2D eigenvalue weighted by Gasteiger charge is 1.61. The van der Waals surface area contributed by atoms with Crippen LogP contribution >= 0.6 is 0 Å². The minimum atomic E-state index is 0. The van der Waals surface area contributed by atoms with Crippen LogP contribution in [-0.4, -0.2) is 21.1 Å². The van der Waals surface area contributed by atoms with E-state index in [1.54, 1.807) is 0 Å². The normalized spacial score (nSPS) is 6.75. The lowest BCUT2D eigenvalue weighted by molar-refractivity contribution is -0.836. The van der Waals surface area contributed by atoms with Crippen molar-refractivity contribution in [3.05, 3.63) is 0 Å². The molecule has 8 heavy (non-hydrogen) atoms. The zero-order chi connectivity index (χ0) is 6.28. The Kier molecular flexibility index (Phi) is 30.8. The Hall–Kier alpha value is 0.250. The van der Waals surface area contributed by atoms with Crippen molar-refractivity contribution in [3.63, 3.8) is 0 Å². The summed E-state index contributed by atoms with van der Waals surface area (Å²) in [6.07, 6.45) is 1.25. The summed E-state index contributed by atoms with van der Waals surface area (Å²) in [6, 6.07) is 0. The van der Waals surface area contributed by atoms with Gasteiger partial charge in [-0.05, 0) is 0 Å². The van der Waals surface area contributed by atoms with E-state index < -0.39 is 0 Å². The second-order valence-electron chi connectivity index (χ2n) is 2.21. The largest absolute Gasteiger partial charge is 1.00 e. The highest BCUT2D eigenvalue weighted by molar-refractivity contribution is 3.92. The Labute approximate surface area is 59.5 Å². The van der Waals surface area contributed by atoms with Gasteiger partial charge in [-0.2, -0.15) is 0 Å². The van der Waals surface area contributed by atoms with E-state index in [4.69, 9.17) is 0 Å². The molecule has 0 saturated carbocycles. The number of rotatable bonds is 0. The summed E-state index contributed by atoms with van der Waals surface area (Å²) < 4.78 is 0. The van der Waals surface area contributed by atoms with Crippen LogP contribution in [0, 0.1) is 0 Å². The molecule has 0 heterocycles. The summed E-state index contributed by atoms with van der Waals surface area (Å²) in [5.74, 6) is 0. The van der Waals surface area contributed by atoms with Crippen molar-refractivity contribution in [2.75, 3.05) is 21.1 Å². The van der Waals surface area contributed by atoms with Gasteiger partial charge in [-0.1, -0.05) is 20.3 Å². The maximum absolute atomic E-state index is 2.12. The fourth-order valence-corrected chi connectivity index (χ4v) is 0. The second kappa shape index (κ2) is 15.7. The van der Waals surface area contributed by atoms with Crippen LogP contribution in [0.3, 0.4) is 0 Å². The Balaban J connectivity index is -0.0000000575. The Bertz CT molecular complexity index is 19.7. The molecule has 0 saturated heterocycles. The van der Waals surface area contributed by atoms with Gasteiger partial charge >= 0.3 is 0 Å². The third kappa shape index (κ3) is 2760. The average molecular weight is 140 g/mol. The van der Waals surface area contributed by atoms with Crippen molar-refractivity contribution in [2.45, 2.75) is 20.3 Å². The predicted octanol–water partition coefficient (Wildman–Crippen LogP) is -2.82. The summed E-state index contributed by atoms with van der Waals surface area (Å²) in [5, 5.41) is 0. The molecule has 0 fully saturated rings. The number of halogens is 1. The third-order valence-corrected chi connectivity index (χ3v) is 0. The molecule has 0 radical (unpaired) electrons. The van der Waals surface area contributed by atoms with Crippen LogP contribution < -0.4 is 17.3 Å². The first-order valence-corrected chi connectivity index (χ1v) is 2.91. The van der Waals surface area contributed by atoms with Gasteiger partial charge in [-0.3, -0.25) is 0 Å². The molecule has 0 aromatic carbocycles. The molecule has 0 aromatic heterocycles. The summed E-state index contributed by atoms with van der Waals surface area (Å²) in [5.41, 5.74) is 0. The lowest BCUT2D eigenvalue weighted by Gasteiger charge is -1.88. The van der Waals surface area contributed by atoms with Crippen LogP contribution in [0.5, 0.6) is 0 Å². The molecule has 0 aliphatic carbocycles. The van der Waals surface area contributed by atoms with Gasteiger partial charge in [-0.25, -0.2) is 0 Å². The molecule has 0 atom stereocenters. The van der Waals surface area contributed by atoms with Crippen molar-refractivity contribution in [3.8, 4) is 0 Å². The van der Waals surface area contributed by atoms with Crippen LogP contribution in [-0.2, 0) is 0 Å². The molecular formula is C6H18ClN. The van der Waals surface area contributed by atoms with Gasteiger partial charge in [0.2, 0.25) is 0 Å². The maximum Gasteiger partial charge on any atom is 0.0661 e. The van der Waals surface area contributed by atoms with Crippen LogP contribution in [0.1, 0.15) is 20.3 Å². The quantitative estimate of drug-likeness (QED) is 0.370. The number of hydrogen-bond acceptors (Lipinski definition) is 0. The van der Waals surface area contributed by atoms with E-state index in [0.717, 1.165) is 0 Å². The lowest BCUT2D eigenvalue weighted by Crippen LogP contribution is -3.02. The van der Waals surface area contributed by atoms with Crippen molar-refractivity contribution >= 4 is 0 Å². The van der Waals surface area contributed by atoms with E-state index in [1.165, 1.54) is 11.3 Å². The van der Waals surface area contributed by atoms with Crippen LogP contribution in [0.2, 0.25) is 0 Å². The first-order chi connectivity index (χ1) is 3.15. The maximum atomic E-state index is 2.12. The van der Waals surface area contributed by atoms with Gasteiger partial charge in [0.25, 0.3) is 0 Å². The minimum Gasteiger partial charge on any atom is -1.00 e. The zero-order valence-electron chi connectivity index (χ0n) is 6.59. The molecule has 0 spiro atoms. The van der Waals surface area contributed by atoms with Crippen LogP contribution in [0.25, 0.3) is 0 Å². The van der Waals surface area contributed by atoms with Gasteiger partial charge in [0.05, 0.1) is 21.1 Å². The molecule has 0 amide bonds. The molecule has 0 bridgehead atoms. The summed E-state index contributed by atoms with van der Waals surface area (Å²) in [6.45, 7) is 4.25. The van der Waals surface area contributed by atoms with Gasteiger partial charge in [-0.15, -0.1) is 0 Å². The van der Waals surface area contributed by atoms with E-state index in [1.807, 2.05) is 0 Å². The summed E-state index contributed by atoms with van der Waals surface area (Å²) in [4.78, 5) is 1.42. The highest BCUT2D eigenvalue weighted by atomic mass is 35.5. The second-order valence-corrected chi connectivity index (χ2v) is 2.21. The monoisotopic (exact) mass is 139 g/mol. The van der Waals surface area contributed by atoms with E-state index in [9.17, 15) is 0 Å². The molecule has 1 N–H and O–H groups in total.